The number of phenols is 1. The molecule has 0 radical (unpaired) electrons. The molecule has 1 aromatic carbocycles. The van der Waals surface area contributed by atoms with Crippen LogP contribution in [0.3, 0.4) is 0 Å². The predicted octanol–water partition coefficient (Wildman–Crippen LogP) is 0.406. The average molecular weight is 357 g/mol. The predicted molar refractivity (Wildman–Crippen MR) is 85.0 cm³/mol. The molecule has 0 aliphatic heterocycles. The van der Waals surface area contributed by atoms with E-state index in [0.717, 1.165) is 12.1 Å². The number of hydrogen-bond donors (Lipinski definition) is 7. The van der Waals surface area contributed by atoms with Gasteiger partial charge in [-0.1, -0.05) is 12.8 Å². The molecule has 11 heteroatoms. The number of carboxylic acid groups (broad SMARTS) is 2. The van der Waals surface area contributed by atoms with Crippen LogP contribution in [-0.4, -0.2) is 45.2 Å². The monoisotopic (exact) mass is 357 g/mol. The van der Waals surface area contributed by atoms with Crippen LogP contribution in [0.2, 0.25) is 0 Å². The summed E-state index contributed by atoms with van der Waals surface area (Å²) in [5, 5.41) is 31.7. The molecule has 10 nitrogen and oxygen atoms in total. The van der Waals surface area contributed by atoms with Gasteiger partial charge in [0.15, 0.2) is 0 Å². The molecule has 24 heavy (non-hydrogen) atoms. The number of aromatic hydroxyl groups is 1. The number of urea groups is 1. The molecule has 0 saturated carbocycles. The Morgan fingerprint density at radius 1 is 1.17 bits per heavy atom. The van der Waals surface area contributed by atoms with Crippen molar-refractivity contribution in [1.29, 1.82) is 0 Å². The normalized spacial score (nSPS) is 11.2. The minimum Gasteiger partial charge on any atom is -0.507 e. The van der Waals surface area contributed by atoms with Gasteiger partial charge in [-0.3, -0.25) is 4.79 Å². The van der Waals surface area contributed by atoms with Crippen LogP contribution in [0, 0.1) is 0 Å². The van der Waals surface area contributed by atoms with Crippen LogP contribution in [0.1, 0.15) is 23.2 Å². The highest BCUT2D eigenvalue weighted by Crippen LogP contribution is 2.21. The van der Waals surface area contributed by atoms with Gasteiger partial charge in [0.25, 0.3) is 0 Å². The Hall–Kier alpha value is -2.95. The number of anilines is 1. The number of aliphatic carboxylic acids is 1. The van der Waals surface area contributed by atoms with Crippen molar-refractivity contribution in [3.8, 4) is 5.75 Å². The van der Waals surface area contributed by atoms with Crippen molar-refractivity contribution < 1.29 is 34.5 Å². The molecular formula is C13H15N3O7S. The second kappa shape index (κ2) is 8.62. The minimum atomic E-state index is -1.39. The van der Waals surface area contributed by atoms with E-state index in [-0.39, 0.29) is 18.5 Å². The molecule has 1 unspecified atom stereocenters. The third-order valence-electron chi connectivity index (χ3n) is 2.87. The van der Waals surface area contributed by atoms with Gasteiger partial charge < -0.3 is 30.7 Å². The Labute approximate surface area is 141 Å². The lowest BCUT2D eigenvalue weighted by Crippen LogP contribution is -2.43. The van der Waals surface area contributed by atoms with Crippen molar-refractivity contribution >= 4 is 42.4 Å². The largest absolute Gasteiger partial charge is 0.507 e. The van der Waals surface area contributed by atoms with Crippen LogP contribution in [0.5, 0.6) is 5.75 Å². The number of thiol groups is 1. The first kappa shape index (κ1) is 19.1. The van der Waals surface area contributed by atoms with E-state index in [1.165, 1.54) is 6.07 Å². The number of nitrogens with one attached hydrogen (secondary N) is 3. The van der Waals surface area contributed by atoms with Gasteiger partial charge >= 0.3 is 18.0 Å². The lowest BCUT2D eigenvalue weighted by molar-refractivity contribution is -0.139. The standard InChI is InChI=1S/C13H15N3O7S/c17-9-3-1-6(5-7(9)11(19)20)14-13(23)15-8(12(21)22)2-4-10(18)16-24/h1,3,5,8,17,24H,2,4H2,(H,16,18)(H,19,20)(H,21,22)(H2,14,15,23). The summed E-state index contributed by atoms with van der Waals surface area (Å²) < 4.78 is 2.03. The molecule has 1 rings (SSSR count). The zero-order chi connectivity index (χ0) is 18.3. The van der Waals surface area contributed by atoms with Gasteiger partial charge in [-0.2, -0.15) is 0 Å². The van der Waals surface area contributed by atoms with Crippen molar-refractivity contribution in [2.45, 2.75) is 18.9 Å². The fourth-order valence-electron chi connectivity index (χ4n) is 1.70. The molecule has 6 N–H and O–H groups in total. The van der Waals surface area contributed by atoms with Crippen LogP contribution in [0.4, 0.5) is 10.5 Å². The number of rotatable bonds is 7. The third kappa shape index (κ3) is 5.68. The second-order valence-electron chi connectivity index (χ2n) is 4.60. The van der Waals surface area contributed by atoms with E-state index in [4.69, 9.17) is 10.2 Å². The molecule has 0 bridgehead atoms. The summed E-state index contributed by atoms with van der Waals surface area (Å²) in [6, 6.07) is 1.10. The van der Waals surface area contributed by atoms with Crippen molar-refractivity contribution in [3.63, 3.8) is 0 Å². The van der Waals surface area contributed by atoms with Crippen LogP contribution in [0.25, 0.3) is 0 Å². The highest BCUT2D eigenvalue weighted by molar-refractivity contribution is 7.78. The maximum Gasteiger partial charge on any atom is 0.339 e. The Kier molecular flexibility index (Phi) is 6.86. The van der Waals surface area contributed by atoms with Crippen LogP contribution in [-0.2, 0) is 9.59 Å². The number of benzene rings is 1. The molecular weight excluding hydrogens is 342 g/mol. The molecule has 3 amide bonds. The van der Waals surface area contributed by atoms with Crippen LogP contribution >= 0.6 is 12.8 Å². The summed E-state index contributed by atoms with van der Waals surface area (Å²) in [6.07, 6.45) is -0.325. The Morgan fingerprint density at radius 3 is 2.38 bits per heavy atom. The minimum absolute atomic E-state index is 0.0416. The van der Waals surface area contributed by atoms with Gasteiger partial charge in [0, 0.05) is 12.1 Å². The van der Waals surface area contributed by atoms with Crippen LogP contribution < -0.4 is 15.4 Å². The maximum atomic E-state index is 11.8. The number of hydrogen-bond acceptors (Lipinski definition) is 6. The van der Waals surface area contributed by atoms with E-state index in [0.29, 0.717) is 0 Å². The molecule has 130 valence electrons. The van der Waals surface area contributed by atoms with Crippen molar-refractivity contribution in [1.82, 2.24) is 10.0 Å². The maximum absolute atomic E-state index is 11.8. The Bertz CT molecular complexity index is 665. The lowest BCUT2D eigenvalue weighted by atomic mass is 10.1. The second-order valence-corrected chi connectivity index (χ2v) is 4.82. The smallest absolute Gasteiger partial charge is 0.339 e. The van der Waals surface area contributed by atoms with Gasteiger partial charge in [-0.05, 0) is 24.6 Å². The SMILES string of the molecule is O=C(CCC(NC(=O)Nc1ccc(O)c(C(=O)O)c1)C(=O)O)NS. The lowest BCUT2D eigenvalue weighted by Gasteiger charge is -2.15. The summed E-state index contributed by atoms with van der Waals surface area (Å²) in [5.74, 6) is -3.71. The van der Waals surface area contributed by atoms with E-state index in [9.17, 15) is 24.3 Å². The third-order valence-corrected chi connectivity index (χ3v) is 3.12. The highest BCUT2D eigenvalue weighted by atomic mass is 32.1. The molecule has 0 fully saturated rings. The number of amides is 3. The van der Waals surface area contributed by atoms with E-state index < -0.39 is 41.2 Å². The van der Waals surface area contributed by atoms with Gasteiger partial charge in [-0.25, -0.2) is 14.4 Å². The number of carbonyl (C=O) groups excluding carboxylic acids is 2. The molecule has 0 spiro atoms. The molecule has 1 atom stereocenters. The fraction of sp³-hybridized carbons (Fsp3) is 0.231. The summed E-state index contributed by atoms with van der Waals surface area (Å²) in [6.45, 7) is 0. The van der Waals surface area contributed by atoms with Gasteiger partial charge in [-0.15, -0.1) is 0 Å². The topological polar surface area (TPSA) is 165 Å². The Morgan fingerprint density at radius 2 is 1.83 bits per heavy atom. The van der Waals surface area contributed by atoms with E-state index >= 15 is 0 Å². The number of aromatic carboxylic acids is 1. The number of carboxylic acids is 2. The Balaban J connectivity index is 2.72. The van der Waals surface area contributed by atoms with Crippen molar-refractivity contribution in [2.75, 3.05) is 5.32 Å². The van der Waals surface area contributed by atoms with Crippen molar-refractivity contribution in [3.05, 3.63) is 23.8 Å². The highest BCUT2D eigenvalue weighted by Gasteiger charge is 2.21. The summed E-state index contributed by atoms with van der Waals surface area (Å²) in [7, 11) is 0. The molecule has 0 aliphatic carbocycles. The fourth-order valence-corrected chi connectivity index (χ4v) is 1.81. The molecule has 0 heterocycles. The van der Waals surface area contributed by atoms with E-state index in [1.807, 2.05) is 4.72 Å². The molecule has 0 aromatic heterocycles. The first-order valence-electron chi connectivity index (χ1n) is 6.54. The zero-order valence-electron chi connectivity index (χ0n) is 12.1. The zero-order valence-corrected chi connectivity index (χ0v) is 13.0. The summed E-state index contributed by atoms with van der Waals surface area (Å²) >= 11 is 3.52. The quantitative estimate of drug-likeness (QED) is 0.274. The first-order valence-corrected chi connectivity index (χ1v) is 6.99. The van der Waals surface area contributed by atoms with Crippen molar-refractivity contribution in [2.24, 2.45) is 0 Å². The van der Waals surface area contributed by atoms with Gasteiger partial charge in [0.05, 0.1) is 0 Å². The van der Waals surface area contributed by atoms with Gasteiger partial charge in [0.1, 0.15) is 17.4 Å². The molecule has 0 saturated heterocycles. The molecule has 0 aliphatic rings. The van der Waals surface area contributed by atoms with E-state index in [1.54, 1.807) is 0 Å². The first-order chi connectivity index (χ1) is 11.2. The number of carbonyl (C=O) groups is 4. The summed E-state index contributed by atoms with van der Waals surface area (Å²) in [5.41, 5.74) is -0.382. The van der Waals surface area contributed by atoms with E-state index in [2.05, 4.69) is 23.4 Å². The average Bonchev–Trinajstić information content (AvgIpc) is 2.52. The van der Waals surface area contributed by atoms with Crippen LogP contribution in [0.15, 0.2) is 18.2 Å². The molecule has 1 aromatic rings. The summed E-state index contributed by atoms with van der Waals surface area (Å²) in [4.78, 5) is 44.8. The van der Waals surface area contributed by atoms with Gasteiger partial charge in [0.2, 0.25) is 5.91 Å².